The van der Waals surface area contributed by atoms with Crippen LogP contribution in [0.2, 0.25) is 0 Å². The number of carbonyl (C=O) groups excluding carboxylic acids is 1. The third-order valence-corrected chi connectivity index (χ3v) is 4.69. The second kappa shape index (κ2) is 5.94. The molecule has 4 heteroatoms. The summed E-state index contributed by atoms with van der Waals surface area (Å²) in [6.45, 7) is 3.15. The molecule has 0 radical (unpaired) electrons. The highest BCUT2D eigenvalue weighted by Gasteiger charge is 2.41. The molecule has 1 saturated carbocycles. The van der Waals surface area contributed by atoms with Gasteiger partial charge in [-0.2, -0.15) is 0 Å². The highest BCUT2D eigenvalue weighted by atomic mass is 16.2. The van der Waals surface area contributed by atoms with Crippen molar-refractivity contribution in [2.24, 2.45) is 17.6 Å². The molecule has 4 nitrogen and oxygen atoms in total. The number of nitrogens with one attached hydrogen (secondary N) is 1. The minimum Gasteiger partial charge on any atom is -0.351 e. The average Bonchev–Trinajstić information content (AvgIpc) is 3.00. The van der Waals surface area contributed by atoms with E-state index in [9.17, 15) is 4.79 Å². The van der Waals surface area contributed by atoms with Crippen molar-refractivity contribution in [1.82, 2.24) is 10.2 Å². The lowest BCUT2D eigenvalue weighted by Gasteiger charge is -2.17. The van der Waals surface area contributed by atoms with Crippen molar-refractivity contribution in [2.75, 3.05) is 19.6 Å². The van der Waals surface area contributed by atoms with Crippen LogP contribution in [0.4, 0.5) is 0 Å². The standard InChI is InChI=1S/C16H23N3O/c17-15-7-6-13-9-19(10-14(13)15)11-16(20)18-8-12-4-2-1-3-5-12/h1-5,13-15H,6-11,17H2,(H,18,20). The molecular formula is C16H23N3O. The number of carbonyl (C=O) groups is 1. The zero-order chi connectivity index (χ0) is 13.9. The Hall–Kier alpha value is -1.39. The van der Waals surface area contributed by atoms with Gasteiger partial charge in [0.2, 0.25) is 5.91 Å². The second-order valence-electron chi connectivity index (χ2n) is 6.12. The van der Waals surface area contributed by atoms with E-state index in [2.05, 4.69) is 10.2 Å². The third-order valence-electron chi connectivity index (χ3n) is 4.69. The molecule has 0 spiro atoms. The fraction of sp³-hybridized carbons (Fsp3) is 0.562. The molecule has 0 aromatic heterocycles. The quantitative estimate of drug-likeness (QED) is 0.859. The Morgan fingerprint density at radius 3 is 2.80 bits per heavy atom. The molecule has 108 valence electrons. The van der Waals surface area contributed by atoms with Gasteiger partial charge in [-0.25, -0.2) is 0 Å². The van der Waals surface area contributed by atoms with Crippen LogP contribution >= 0.6 is 0 Å². The van der Waals surface area contributed by atoms with Crippen molar-refractivity contribution in [2.45, 2.75) is 25.4 Å². The van der Waals surface area contributed by atoms with Crippen LogP contribution in [0, 0.1) is 11.8 Å². The van der Waals surface area contributed by atoms with Crippen LogP contribution < -0.4 is 11.1 Å². The summed E-state index contributed by atoms with van der Waals surface area (Å²) in [7, 11) is 0. The third kappa shape index (κ3) is 3.02. The molecule has 1 amide bonds. The van der Waals surface area contributed by atoms with Crippen LogP contribution in [0.3, 0.4) is 0 Å². The zero-order valence-electron chi connectivity index (χ0n) is 11.8. The van der Waals surface area contributed by atoms with Crippen molar-refractivity contribution < 1.29 is 4.79 Å². The van der Waals surface area contributed by atoms with Crippen molar-refractivity contribution in [1.29, 1.82) is 0 Å². The molecule has 0 bridgehead atoms. The van der Waals surface area contributed by atoms with Gasteiger partial charge in [0.25, 0.3) is 0 Å². The van der Waals surface area contributed by atoms with Gasteiger partial charge in [-0.05, 0) is 30.2 Å². The van der Waals surface area contributed by atoms with E-state index in [0.29, 0.717) is 31.0 Å². The molecule has 1 heterocycles. The molecule has 1 saturated heterocycles. The lowest BCUT2D eigenvalue weighted by molar-refractivity contribution is -0.122. The lowest BCUT2D eigenvalue weighted by Crippen LogP contribution is -2.37. The van der Waals surface area contributed by atoms with Gasteiger partial charge in [-0.15, -0.1) is 0 Å². The monoisotopic (exact) mass is 273 g/mol. The summed E-state index contributed by atoms with van der Waals surface area (Å²) in [5, 5.41) is 2.99. The Labute approximate surface area is 120 Å². The molecule has 2 aliphatic rings. The summed E-state index contributed by atoms with van der Waals surface area (Å²) in [6, 6.07) is 10.4. The highest BCUT2D eigenvalue weighted by Crippen LogP contribution is 2.36. The first-order valence-corrected chi connectivity index (χ1v) is 7.51. The molecule has 3 unspecified atom stereocenters. The first-order chi connectivity index (χ1) is 9.72. The summed E-state index contributed by atoms with van der Waals surface area (Å²) in [4.78, 5) is 14.2. The van der Waals surface area contributed by atoms with Crippen molar-refractivity contribution in [3.05, 3.63) is 35.9 Å². The number of hydrogen-bond donors (Lipinski definition) is 2. The number of amides is 1. The van der Waals surface area contributed by atoms with Crippen molar-refractivity contribution in [3.63, 3.8) is 0 Å². The SMILES string of the molecule is NC1CCC2CN(CC(=O)NCc3ccccc3)CC12. The smallest absolute Gasteiger partial charge is 0.234 e. The molecule has 1 aromatic carbocycles. The van der Waals surface area contributed by atoms with Crippen LogP contribution in [0.5, 0.6) is 0 Å². The van der Waals surface area contributed by atoms with E-state index in [1.807, 2.05) is 30.3 Å². The summed E-state index contributed by atoms with van der Waals surface area (Å²) in [5.41, 5.74) is 7.26. The van der Waals surface area contributed by atoms with Gasteiger partial charge < -0.3 is 11.1 Å². The minimum absolute atomic E-state index is 0.113. The zero-order valence-corrected chi connectivity index (χ0v) is 11.8. The van der Waals surface area contributed by atoms with Crippen LogP contribution in [-0.4, -0.2) is 36.5 Å². The summed E-state index contributed by atoms with van der Waals surface area (Å²) in [5.74, 6) is 1.44. The topological polar surface area (TPSA) is 58.4 Å². The maximum Gasteiger partial charge on any atom is 0.234 e. The fourth-order valence-corrected chi connectivity index (χ4v) is 3.58. The van der Waals surface area contributed by atoms with E-state index in [4.69, 9.17) is 5.73 Å². The van der Waals surface area contributed by atoms with E-state index < -0.39 is 0 Å². The molecule has 3 atom stereocenters. The molecule has 1 aliphatic carbocycles. The first-order valence-electron chi connectivity index (χ1n) is 7.51. The Balaban J connectivity index is 1.44. The molecule has 20 heavy (non-hydrogen) atoms. The van der Waals surface area contributed by atoms with Crippen LogP contribution in [0.25, 0.3) is 0 Å². The summed E-state index contributed by atoms with van der Waals surface area (Å²) in [6.07, 6.45) is 2.39. The number of hydrogen-bond acceptors (Lipinski definition) is 3. The minimum atomic E-state index is 0.113. The summed E-state index contributed by atoms with van der Waals surface area (Å²) < 4.78 is 0. The molecule has 3 rings (SSSR count). The van der Waals surface area contributed by atoms with Crippen LogP contribution in [-0.2, 0) is 11.3 Å². The van der Waals surface area contributed by atoms with Crippen molar-refractivity contribution >= 4 is 5.91 Å². The van der Waals surface area contributed by atoms with Gasteiger partial charge in [0, 0.05) is 25.7 Å². The van der Waals surface area contributed by atoms with Crippen molar-refractivity contribution in [3.8, 4) is 0 Å². The number of likely N-dealkylation sites (tertiary alicyclic amines) is 1. The number of fused-ring (bicyclic) bond motifs is 1. The Morgan fingerprint density at radius 1 is 1.25 bits per heavy atom. The van der Waals surface area contributed by atoms with Crippen LogP contribution in [0.1, 0.15) is 18.4 Å². The number of rotatable bonds is 4. The maximum absolute atomic E-state index is 12.0. The fourth-order valence-electron chi connectivity index (χ4n) is 3.58. The van der Waals surface area contributed by atoms with E-state index in [1.54, 1.807) is 0 Å². The van der Waals surface area contributed by atoms with Gasteiger partial charge in [0.05, 0.1) is 6.54 Å². The predicted molar refractivity (Wildman–Crippen MR) is 78.9 cm³/mol. The normalized spacial score (nSPS) is 29.4. The van der Waals surface area contributed by atoms with Gasteiger partial charge >= 0.3 is 0 Å². The maximum atomic E-state index is 12.0. The number of nitrogens with zero attached hydrogens (tertiary/aromatic N) is 1. The second-order valence-corrected chi connectivity index (χ2v) is 6.12. The Morgan fingerprint density at radius 2 is 2.05 bits per heavy atom. The van der Waals surface area contributed by atoms with Gasteiger partial charge in [-0.1, -0.05) is 30.3 Å². The largest absolute Gasteiger partial charge is 0.351 e. The molecule has 1 aromatic rings. The summed E-state index contributed by atoms with van der Waals surface area (Å²) >= 11 is 0. The molecular weight excluding hydrogens is 250 g/mol. The van der Waals surface area contributed by atoms with Crippen LogP contribution in [0.15, 0.2) is 30.3 Å². The number of benzene rings is 1. The van der Waals surface area contributed by atoms with E-state index in [0.717, 1.165) is 25.1 Å². The van der Waals surface area contributed by atoms with E-state index in [1.165, 1.54) is 6.42 Å². The Kier molecular flexibility index (Phi) is 4.03. The van der Waals surface area contributed by atoms with Gasteiger partial charge in [0.1, 0.15) is 0 Å². The van der Waals surface area contributed by atoms with E-state index in [-0.39, 0.29) is 5.91 Å². The van der Waals surface area contributed by atoms with E-state index >= 15 is 0 Å². The molecule has 1 aliphatic heterocycles. The predicted octanol–water partition coefficient (Wildman–Crippen LogP) is 0.972. The number of nitrogens with two attached hydrogens (primary N) is 1. The van der Waals surface area contributed by atoms with Gasteiger partial charge in [-0.3, -0.25) is 9.69 Å². The van der Waals surface area contributed by atoms with Gasteiger partial charge in [0.15, 0.2) is 0 Å². The first kappa shape index (κ1) is 13.6. The molecule has 2 fully saturated rings. The average molecular weight is 273 g/mol. The highest BCUT2D eigenvalue weighted by molar-refractivity contribution is 5.78. The Bertz CT molecular complexity index is 462. The molecule has 3 N–H and O–H groups in total. The lowest BCUT2D eigenvalue weighted by atomic mass is 9.98.